The molecule has 0 aliphatic heterocycles. The van der Waals surface area contributed by atoms with E-state index in [2.05, 4.69) is 15.9 Å². The van der Waals surface area contributed by atoms with E-state index in [1.54, 1.807) is 19.1 Å². The number of aryl methyl sites for hydroxylation is 1. The minimum absolute atomic E-state index is 0.00279. The summed E-state index contributed by atoms with van der Waals surface area (Å²) < 4.78 is 29.2. The van der Waals surface area contributed by atoms with Crippen LogP contribution in [0, 0.1) is 6.92 Å². The van der Waals surface area contributed by atoms with Crippen LogP contribution in [0.1, 0.15) is 26.3 Å². The van der Waals surface area contributed by atoms with E-state index in [0.717, 1.165) is 21.7 Å². The van der Waals surface area contributed by atoms with Gasteiger partial charge in [0.25, 0.3) is 0 Å². The fourth-order valence-corrected chi connectivity index (χ4v) is 3.89. The predicted molar refractivity (Wildman–Crippen MR) is 117 cm³/mol. The van der Waals surface area contributed by atoms with Gasteiger partial charge in [0.15, 0.2) is 12.4 Å². The van der Waals surface area contributed by atoms with Gasteiger partial charge in [-0.15, -0.1) is 0 Å². The summed E-state index contributed by atoms with van der Waals surface area (Å²) in [4.78, 5) is 24.4. The van der Waals surface area contributed by atoms with Crippen molar-refractivity contribution in [1.82, 2.24) is 0 Å². The normalized spacial score (nSPS) is 11.2. The molecule has 0 amide bonds. The molecule has 154 valence electrons. The first-order valence-corrected chi connectivity index (χ1v) is 11.2. The van der Waals surface area contributed by atoms with Crippen molar-refractivity contribution in [2.45, 2.75) is 11.8 Å². The number of benzene rings is 3. The van der Waals surface area contributed by atoms with E-state index in [9.17, 15) is 18.0 Å². The zero-order valence-corrected chi connectivity index (χ0v) is 18.4. The fourth-order valence-electron chi connectivity index (χ4n) is 2.82. The monoisotopic (exact) mass is 487 g/mol. The van der Waals surface area contributed by atoms with Crippen molar-refractivity contribution < 1.29 is 22.7 Å². The van der Waals surface area contributed by atoms with Gasteiger partial charge in [0.1, 0.15) is 0 Å². The molecular weight excluding hydrogens is 470 g/mol. The van der Waals surface area contributed by atoms with Crippen LogP contribution in [0.5, 0.6) is 0 Å². The second-order valence-electron chi connectivity index (χ2n) is 6.61. The molecule has 0 heterocycles. The highest BCUT2D eigenvalue weighted by Gasteiger charge is 2.17. The molecule has 3 rings (SSSR count). The van der Waals surface area contributed by atoms with Crippen LogP contribution >= 0.6 is 15.9 Å². The standard InChI is InChI=1S/C22H18BrNO5S/c1-14-2-3-18(12-21(14)30(24,27)28)22(26)29-13-20(25)17-6-4-15(5-7-17)16-8-10-19(23)11-9-16/h2-12H,13H2,1H3,(H2,24,27,28). The molecule has 0 atom stereocenters. The number of nitrogens with two attached hydrogens (primary N) is 1. The maximum Gasteiger partial charge on any atom is 0.338 e. The van der Waals surface area contributed by atoms with E-state index in [4.69, 9.17) is 9.88 Å². The van der Waals surface area contributed by atoms with Crippen molar-refractivity contribution in [1.29, 1.82) is 0 Å². The number of carbonyl (C=O) groups is 2. The van der Waals surface area contributed by atoms with Gasteiger partial charge in [-0.2, -0.15) is 0 Å². The summed E-state index contributed by atoms with van der Waals surface area (Å²) in [5, 5.41) is 5.15. The zero-order chi connectivity index (χ0) is 21.9. The van der Waals surface area contributed by atoms with Gasteiger partial charge in [-0.05, 0) is 47.9 Å². The van der Waals surface area contributed by atoms with E-state index >= 15 is 0 Å². The summed E-state index contributed by atoms with van der Waals surface area (Å²) in [6.45, 7) is 1.10. The summed E-state index contributed by atoms with van der Waals surface area (Å²) in [5.74, 6) is -1.18. The first-order valence-electron chi connectivity index (χ1n) is 8.85. The number of esters is 1. The molecule has 30 heavy (non-hydrogen) atoms. The molecule has 0 fully saturated rings. The third-order valence-corrected chi connectivity index (χ3v) is 6.03. The SMILES string of the molecule is Cc1ccc(C(=O)OCC(=O)c2ccc(-c3ccc(Br)cc3)cc2)cc1S(N)(=O)=O. The zero-order valence-electron chi connectivity index (χ0n) is 16.0. The molecule has 0 spiro atoms. The van der Waals surface area contributed by atoms with Crippen LogP contribution < -0.4 is 5.14 Å². The fraction of sp³-hybridized carbons (Fsp3) is 0.0909. The van der Waals surface area contributed by atoms with Gasteiger partial charge in [0.2, 0.25) is 10.0 Å². The number of Topliss-reactive ketones (excluding diaryl/α,β-unsaturated/α-hetero) is 1. The van der Waals surface area contributed by atoms with Crippen LogP contribution in [0.15, 0.2) is 76.1 Å². The number of carbonyl (C=O) groups excluding carboxylic acids is 2. The summed E-state index contributed by atoms with van der Waals surface area (Å²) in [5.41, 5.74) is 2.77. The number of ether oxygens (including phenoxy) is 1. The van der Waals surface area contributed by atoms with E-state index in [0.29, 0.717) is 11.1 Å². The Morgan fingerprint density at radius 2 is 1.43 bits per heavy atom. The highest BCUT2D eigenvalue weighted by atomic mass is 79.9. The van der Waals surface area contributed by atoms with Crippen molar-refractivity contribution in [2.75, 3.05) is 6.61 Å². The number of ketones is 1. The average Bonchev–Trinajstić information content (AvgIpc) is 2.72. The lowest BCUT2D eigenvalue weighted by Gasteiger charge is -2.08. The topological polar surface area (TPSA) is 104 Å². The second kappa shape index (κ2) is 8.91. The molecular formula is C22H18BrNO5S. The van der Waals surface area contributed by atoms with Crippen molar-refractivity contribution in [2.24, 2.45) is 5.14 Å². The minimum Gasteiger partial charge on any atom is -0.454 e. The molecule has 0 aromatic heterocycles. The molecule has 8 heteroatoms. The van der Waals surface area contributed by atoms with Crippen LogP contribution in [0.4, 0.5) is 0 Å². The van der Waals surface area contributed by atoms with E-state index in [1.807, 2.05) is 36.4 Å². The van der Waals surface area contributed by atoms with Crippen molar-refractivity contribution >= 4 is 37.7 Å². The number of primary sulfonamides is 1. The van der Waals surface area contributed by atoms with E-state index < -0.39 is 22.6 Å². The van der Waals surface area contributed by atoms with Crippen molar-refractivity contribution in [3.05, 3.63) is 87.9 Å². The Morgan fingerprint density at radius 1 is 0.900 bits per heavy atom. The van der Waals surface area contributed by atoms with Gasteiger partial charge >= 0.3 is 5.97 Å². The van der Waals surface area contributed by atoms with Gasteiger partial charge in [0, 0.05) is 10.0 Å². The van der Waals surface area contributed by atoms with Crippen LogP contribution in [0.25, 0.3) is 11.1 Å². The summed E-state index contributed by atoms with van der Waals surface area (Å²) in [6.07, 6.45) is 0. The Balaban J connectivity index is 1.67. The number of sulfonamides is 1. The van der Waals surface area contributed by atoms with Gasteiger partial charge in [-0.3, -0.25) is 4.79 Å². The smallest absolute Gasteiger partial charge is 0.338 e. The van der Waals surface area contributed by atoms with Crippen molar-refractivity contribution in [3.8, 4) is 11.1 Å². The number of hydrogen-bond donors (Lipinski definition) is 1. The van der Waals surface area contributed by atoms with Gasteiger partial charge in [0.05, 0.1) is 10.5 Å². The second-order valence-corrected chi connectivity index (χ2v) is 9.05. The first-order chi connectivity index (χ1) is 14.1. The lowest BCUT2D eigenvalue weighted by molar-refractivity contribution is 0.0474. The quantitative estimate of drug-likeness (QED) is 0.416. The molecule has 0 radical (unpaired) electrons. The number of hydrogen-bond acceptors (Lipinski definition) is 5. The van der Waals surface area contributed by atoms with Crippen LogP contribution in [-0.4, -0.2) is 26.8 Å². The number of rotatable bonds is 6. The molecule has 2 N–H and O–H groups in total. The molecule has 0 saturated heterocycles. The maximum absolute atomic E-state index is 12.4. The summed E-state index contributed by atoms with van der Waals surface area (Å²) >= 11 is 3.39. The van der Waals surface area contributed by atoms with Crippen LogP contribution in [0.2, 0.25) is 0 Å². The maximum atomic E-state index is 12.4. The lowest BCUT2D eigenvalue weighted by Crippen LogP contribution is -2.17. The Bertz CT molecular complexity index is 1200. The molecule has 3 aromatic rings. The Kier molecular flexibility index (Phi) is 6.50. The van der Waals surface area contributed by atoms with Crippen molar-refractivity contribution in [3.63, 3.8) is 0 Å². The Morgan fingerprint density at radius 3 is 2.00 bits per heavy atom. The molecule has 0 aliphatic rings. The van der Waals surface area contributed by atoms with Gasteiger partial charge < -0.3 is 4.74 Å². The first kappa shape index (κ1) is 21.9. The van der Waals surface area contributed by atoms with Crippen LogP contribution in [0.3, 0.4) is 0 Å². The molecule has 0 bridgehead atoms. The molecule has 0 saturated carbocycles. The third kappa shape index (κ3) is 5.21. The lowest BCUT2D eigenvalue weighted by atomic mass is 10.0. The number of halogens is 1. The molecule has 6 nitrogen and oxygen atoms in total. The minimum atomic E-state index is -3.97. The van der Waals surface area contributed by atoms with E-state index in [1.165, 1.54) is 12.1 Å². The predicted octanol–water partition coefficient (Wildman–Crippen LogP) is 4.11. The summed E-state index contributed by atoms with van der Waals surface area (Å²) in [6, 6.07) is 18.8. The summed E-state index contributed by atoms with van der Waals surface area (Å²) in [7, 11) is -3.97. The molecule has 0 unspecified atom stereocenters. The average molecular weight is 488 g/mol. The highest BCUT2D eigenvalue weighted by molar-refractivity contribution is 9.10. The molecule has 0 aliphatic carbocycles. The van der Waals surface area contributed by atoms with Gasteiger partial charge in [-0.25, -0.2) is 18.4 Å². The Labute approximate surface area is 182 Å². The third-order valence-electron chi connectivity index (χ3n) is 4.45. The Hall–Kier alpha value is -2.81. The highest BCUT2D eigenvalue weighted by Crippen LogP contribution is 2.22. The van der Waals surface area contributed by atoms with Gasteiger partial charge in [-0.1, -0.05) is 58.4 Å². The van der Waals surface area contributed by atoms with Crippen LogP contribution in [-0.2, 0) is 14.8 Å². The molecule has 3 aromatic carbocycles. The van der Waals surface area contributed by atoms with E-state index in [-0.39, 0.29) is 16.2 Å². The largest absolute Gasteiger partial charge is 0.454 e.